The average Bonchev–Trinajstić information content (AvgIpc) is 3.23. The van der Waals surface area contributed by atoms with E-state index >= 15 is 0 Å². The van der Waals surface area contributed by atoms with Crippen LogP contribution in [0.1, 0.15) is 32.5 Å². The summed E-state index contributed by atoms with van der Waals surface area (Å²) in [5.41, 5.74) is 3.53. The number of rotatable bonds is 5. The molecule has 1 amide bonds. The van der Waals surface area contributed by atoms with E-state index in [4.69, 9.17) is 4.74 Å². The van der Waals surface area contributed by atoms with E-state index in [0.717, 1.165) is 48.5 Å². The van der Waals surface area contributed by atoms with Crippen molar-refractivity contribution in [3.05, 3.63) is 63.5 Å². The average molecular weight is 396 g/mol. The SMILES string of the molecule is Cc1ccc2nc(C)cc(C(=O)NCC(c3cccs3)N3CCOCC3)c2c1. The van der Waals surface area contributed by atoms with Gasteiger partial charge in [-0.15, -0.1) is 11.3 Å². The number of pyridine rings is 1. The molecule has 3 heterocycles. The van der Waals surface area contributed by atoms with Gasteiger partial charge in [-0.25, -0.2) is 0 Å². The van der Waals surface area contributed by atoms with Crippen molar-refractivity contribution in [2.75, 3.05) is 32.8 Å². The smallest absolute Gasteiger partial charge is 0.252 e. The van der Waals surface area contributed by atoms with Crippen LogP contribution in [-0.4, -0.2) is 48.6 Å². The standard InChI is InChI=1S/C22H25N3O2S/c1-15-5-6-19-17(12-15)18(13-16(2)24-19)22(26)23-14-20(21-4-3-11-28-21)25-7-9-27-10-8-25/h3-6,11-13,20H,7-10,14H2,1-2H3,(H,23,26). The second-order valence-electron chi connectivity index (χ2n) is 7.22. The van der Waals surface area contributed by atoms with Crippen LogP contribution in [-0.2, 0) is 4.74 Å². The summed E-state index contributed by atoms with van der Waals surface area (Å²) in [6.45, 7) is 7.79. The number of aryl methyl sites for hydroxylation is 2. The fraction of sp³-hybridized carbons (Fsp3) is 0.364. The number of ether oxygens (including phenoxy) is 1. The van der Waals surface area contributed by atoms with E-state index in [1.807, 2.05) is 38.1 Å². The van der Waals surface area contributed by atoms with Crippen LogP contribution in [0.25, 0.3) is 10.9 Å². The highest BCUT2D eigenvalue weighted by atomic mass is 32.1. The highest BCUT2D eigenvalue weighted by Gasteiger charge is 2.24. The van der Waals surface area contributed by atoms with Crippen LogP contribution < -0.4 is 5.32 Å². The number of nitrogens with zero attached hydrogens (tertiary/aromatic N) is 2. The van der Waals surface area contributed by atoms with E-state index in [2.05, 4.69) is 32.7 Å². The summed E-state index contributed by atoms with van der Waals surface area (Å²) in [4.78, 5) is 21.3. The molecule has 0 aliphatic carbocycles. The molecule has 6 heteroatoms. The molecule has 1 N–H and O–H groups in total. The minimum absolute atomic E-state index is 0.0454. The molecule has 146 valence electrons. The normalized spacial score (nSPS) is 16.2. The largest absolute Gasteiger partial charge is 0.379 e. The zero-order chi connectivity index (χ0) is 19.5. The molecule has 3 aromatic rings. The van der Waals surface area contributed by atoms with Crippen LogP contribution in [0, 0.1) is 13.8 Å². The van der Waals surface area contributed by atoms with Gasteiger partial charge < -0.3 is 10.1 Å². The Balaban J connectivity index is 1.57. The van der Waals surface area contributed by atoms with Gasteiger partial charge in [0.05, 0.1) is 30.3 Å². The van der Waals surface area contributed by atoms with Gasteiger partial charge in [0.25, 0.3) is 5.91 Å². The number of hydrogen-bond acceptors (Lipinski definition) is 5. The maximum Gasteiger partial charge on any atom is 0.252 e. The van der Waals surface area contributed by atoms with Crippen molar-refractivity contribution in [2.45, 2.75) is 19.9 Å². The number of benzene rings is 1. The van der Waals surface area contributed by atoms with Crippen molar-refractivity contribution < 1.29 is 9.53 Å². The zero-order valence-electron chi connectivity index (χ0n) is 16.3. The minimum Gasteiger partial charge on any atom is -0.379 e. The van der Waals surface area contributed by atoms with Crippen LogP contribution in [0.4, 0.5) is 0 Å². The van der Waals surface area contributed by atoms with Gasteiger partial charge in [0.2, 0.25) is 0 Å². The molecule has 1 atom stereocenters. The number of amides is 1. The van der Waals surface area contributed by atoms with Gasteiger partial charge in [0.1, 0.15) is 0 Å². The lowest BCUT2D eigenvalue weighted by Crippen LogP contribution is -2.43. The first-order chi connectivity index (χ1) is 13.6. The van der Waals surface area contributed by atoms with Gasteiger partial charge in [-0.3, -0.25) is 14.7 Å². The summed E-state index contributed by atoms with van der Waals surface area (Å²) in [6.07, 6.45) is 0. The summed E-state index contributed by atoms with van der Waals surface area (Å²) >= 11 is 1.74. The summed E-state index contributed by atoms with van der Waals surface area (Å²) in [6, 6.07) is 12.3. The number of nitrogens with one attached hydrogen (secondary N) is 1. The third-order valence-electron chi connectivity index (χ3n) is 5.15. The van der Waals surface area contributed by atoms with Gasteiger partial charge in [-0.1, -0.05) is 17.7 Å². The van der Waals surface area contributed by atoms with Crippen LogP contribution in [0.15, 0.2) is 41.8 Å². The molecule has 2 aromatic heterocycles. The molecule has 0 bridgehead atoms. The van der Waals surface area contributed by atoms with Crippen molar-refractivity contribution in [1.82, 2.24) is 15.2 Å². The van der Waals surface area contributed by atoms with Crippen molar-refractivity contribution >= 4 is 28.1 Å². The molecule has 4 rings (SSSR count). The van der Waals surface area contributed by atoms with Crippen LogP contribution in [0.3, 0.4) is 0 Å². The first-order valence-electron chi connectivity index (χ1n) is 9.63. The van der Waals surface area contributed by atoms with E-state index < -0.39 is 0 Å². The van der Waals surface area contributed by atoms with Gasteiger partial charge in [0.15, 0.2) is 0 Å². The third-order valence-corrected chi connectivity index (χ3v) is 6.12. The van der Waals surface area contributed by atoms with Crippen molar-refractivity contribution in [3.63, 3.8) is 0 Å². The number of aromatic nitrogens is 1. The number of morpholine rings is 1. The predicted octanol–water partition coefficient (Wildman–Crippen LogP) is 3.72. The van der Waals surface area contributed by atoms with Gasteiger partial charge in [-0.2, -0.15) is 0 Å². The second-order valence-corrected chi connectivity index (χ2v) is 8.20. The molecule has 0 radical (unpaired) electrons. The summed E-state index contributed by atoms with van der Waals surface area (Å²) < 4.78 is 5.50. The maximum absolute atomic E-state index is 13.1. The molecule has 0 spiro atoms. The van der Waals surface area contributed by atoms with Crippen LogP contribution >= 0.6 is 11.3 Å². The number of thiophene rings is 1. The first kappa shape index (κ1) is 19.1. The maximum atomic E-state index is 13.1. The molecule has 1 aromatic carbocycles. The third kappa shape index (κ3) is 4.09. The molecule has 5 nitrogen and oxygen atoms in total. The lowest BCUT2D eigenvalue weighted by atomic mass is 10.0. The van der Waals surface area contributed by atoms with E-state index in [9.17, 15) is 4.79 Å². The van der Waals surface area contributed by atoms with Gasteiger partial charge in [0, 0.05) is 35.6 Å². The Labute approximate surface area is 169 Å². The fourth-order valence-electron chi connectivity index (χ4n) is 3.72. The number of carbonyl (C=O) groups excluding carboxylic acids is 1. The monoisotopic (exact) mass is 395 g/mol. The van der Waals surface area contributed by atoms with E-state index in [1.165, 1.54) is 4.88 Å². The Morgan fingerprint density at radius 1 is 1.25 bits per heavy atom. The van der Waals surface area contributed by atoms with E-state index in [1.54, 1.807) is 11.3 Å². The molecule has 28 heavy (non-hydrogen) atoms. The summed E-state index contributed by atoms with van der Waals surface area (Å²) in [5, 5.41) is 6.18. The number of hydrogen-bond donors (Lipinski definition) is 1. The Hall–Kier alpha value is -2.28. The van der Waals surface area contributed by atoms with Crippen molar-refractivity contribution in [2.24, 2.45) is 0 Å². The van der Waals surface area contributed by atoms with E-state index in [-0.39, 0.29) is 11.9 Å². The molecule has 1 fully saturated rings. The molecule has 1 unspecified atom stereocenters. The Morgan fingerprint density at radius 2 is 2.07 bits per heavy atom. The quantitative estimate of drug-likeness (QED) is 0.715. The second kappa shape index (κ2) is 8.39. The Kier molecular flexibility index (Phi) is 5.71. The van der Waals surface area contributed by atoms with Crippen molar-refractivity contribution in [1.29, 1.82) is 0 Å². The van der Waals surface area contributed by atoms with Crippen LogP contribution in [0.5, 0.6) is 0 Å². The van der Waals surface area contributed by atoms with Crippen LogP contribution in [0.2, 0.25) is 0 Å². The van der Waals surface area contributed by atoms with E-state index in [0.29, 0.717) is 12.1 Å². The fourth-order valence-corrected chi connectivity index (χ4v) is 4.59. The molecule has 0 saturated carbocycles. The van der Waals surface area contributed by atoms with Gasteiger partial charge >= 0.3 is 0 Å². The number of fused-ring (bicyclic) bond motifs is 1. The molecule has 1 aliphatic heterocycles. The highest BCUT2D eigenvalue weighted by molar-refractivity contribution is 7.10. The predicted molar refractivity (Wildman–Crippen MR) is 113 cm³/mol. The first-order valence-corrected chi connectivity index (χ1v) is 10.5. The van der Waals surface area contributed by atoms with Crippen molar-refractivity contribution in [3.8, 4) is 0 Å². The lowest BCUT2D eigenvalue weighted by Gasteiger charge is -2.34. The molecular weight excluding hydrogens is 370 g/mol. The topological polar surface area (TPSA) is 54.5 Å². The molecule has 1 saturated heterocycles. The highest BCUT2D eigenvalue weighted by Crippen LogP contribution is 2.26. The Bertz CT molecular complexity index is 965. The minimum atomic E-state index is -0.0454. The zero-order valence-corrected chi connectivity index (χ0v) is 17.1. The van der Waals surface area contributed by atoms with Gasteiger partial charge in [-0.05, 0) is 43.5 Å². The lowest BCUT2D eigenvalue weighted by molar-refractivity contribution is 0.0169. The number of carbonyl (C=O) groups is 1. The summed E-state index contributed by atoms with van der Waals surface area (Å²) in [7, 11) is 0. The summed E-state index contributed by atoms with van der Waals surface area (Å²) in [5.74, 6) is -0.0454. The molecule has 1 aliphatic rings. The molecular formula is C22H25N3O2S. The Morgan fingerprint density at radius 3 is 2.82 bits per heavy atom.